The second-order valence-corrected chi connectivity index (χ2v) is 10.5. The number of carbonyl (C=O) groups is 2. The molecule has 0 saturated heterocycles. The molecule has 1 atom stereocenters. The Morgan fingerprint density at radius 3 is 2.60 bits per heavy atom. The first-order valence-corrected chi connectivity index (χ1v) is 12.3. The minimum Gasteiger partial charge on any atom is -0.365 e. The number of amides is 2. The molecule has 0 radical (unpaired) electrons. The number of carbonyl (C=O) groups excluding carboxylic acids is 2. The van der Waals surface area contributed by atoms with Gasteiger partial charge in [0.1, 0.15) is 5.00 Å². The Balaban J connectivity index is 1.92. The third-order valence-electron chi connectivity index (χ3n) is 5.42. The number of anilines is 1. The molecule has 3 rings (SSSR count). The number of fused-ring (bicyclic) bond motifs is 1. The molecule has 1 aliphatic rings. The van der Waals surface area contributed by atoms with Crippen LogP contribution in [0.2, 0.25) is 0 Å². The summed E-state index contributed by atoms with van der Waals surface area (Å²) in [5.41, 5.74) is 7.12. The van der Waals surface area contributed by atoms with Gasteiger partial charge in [0, 0.05) is 23.5 Å². The highest BCUT2D eigenvalue weighted by atomic mass is 32.2. The molecule has 30 heavy (non-hydrogen) atoms. The van der Waals surface area contributed by atoms with Crippen LogP contribution >= 0.6 is 11.3 Å². The highest BCUT2D eigenvalue weighted by molar-refractivity contribution is 7.89. The number of hydrogen-bond acceptors (Lipinski definition) is 5. The number of benzene rings is 1. The quantitative estimate of drug-likeness (QED) is 0.676. The van der Waals surface area contributed by atoms with Gasteiger partial charge in [-0.25, -0.2) is 8.42 Å². The maximum Gasteiger partial charge on any atom is 0.256 e. The van der Waals surface area contributed by atoms with Crippen LogP contribution in [0, 0.1) is 5.92 Å². The van der Waals surface area contributed by atoms with Crippen LogP contribution in [0.4, 0.5) is 5.00 Å². The largest absolute Gasteiger partial charge is 0.365 e. The maximum atomic E-state index is 12.9. The molecule has 3 N–H and O–H groups in total. The third kappa shape index (κ3) is 4.28. The number of sulfonamides is 1. The first-order chi connectivity index (χ1) is 14.2. The van der Waals surface area contributed by atoms with Gasteiger partial charge in [0.25, 0.3) is 11.8 Å². The number of thiophene rings is 1. The van der Waals surface area contributed by atoms with Crippen molar-refractivity contribution in [2.24, 2.45) is 11.7 Å². The molecule has 2 aromatic rings. The lowest BCUT2D eigenvalue weighted by atomic mass is 9.88. The van der Waals surface area contributed by atoms with Crippen LogP contribution in [0.15, 0.2) is 29.2 Å². The van der Waals surface area contributed by atoms with Crippen LogP contribution in [0.3, 0.4) is 0 Å². The summed E-state index contributed by atoms with van der Waals surface area (Å²) in [6.07, 6.45) is 2.59. The second kappa shape index (κ2) is 8.87. The summed E-state index contributed by atoms with van der Waals surface area (Å²) in [5, 5.41) is 3.22. The Labute approximate surface area is 181 Å². The van der Waals surface area contributed by atoms with Gasteiger partial charge in [-0.15, -0.1) is 11.3 Å². The van der Waals surface area contributed by atoms with Gasteiger partial charge in [0.05, 0.1) is 10.5 Å². The van der Waals surface area contributed by atoms with Crippen molar-refractivity contribution < 1.29 is 18.0 Å². The highest BCUT2D eigenvalue weighted by Gasteiger charge is 2.28. The van der Waals surface area contributed by atoms with Crippen LogP contribution < -0.4 is 11.1 Å². The molecule has 162 valence electrons. The average molecular weight is 450 g/mol. The molecule has 1 aromatic heterocycles. The Bertz CT molecular complexity index is 1070. The van der Waals surface area contributed by atoms with E-state index in [1.54, 1.807) is 26.0 Å². The number of nitrogens with one attached hydrogen (secondary N) is 1. The van der Waals surface area contributed by atoms with Crippen molar-refractivity contribution in [2.75, 3.05) is 18.4 Å². The fourth-order valence-corrected chi connectivity index (χ4v) is 6.70. The first-order valence-electron chi connectivity index (χ1n) is 10.0. The van der Waals surface area contributed by atoms with Crippen LogP contribution in [-0.4, -0.2) is 37.6 Å². The van der Waals surface area contributed by atoms with E-state index in [-0.39, 0.29) is 10.5 Å². The van der Waals surface area contributed by atoms with Gasteiger partial charge in [-0.2, -0.15) is 4.31 Å². The Kier molecular flexibility index (Phi) is 6.64. The highest BCUT2D eigenvalue weighted by Crippen LogP contribution is 2.39. The Morgan fingerprint density at radius 1 is 1.27 bits per heavy atom. The van der Waals surface area contributed by atoms with Crippen LogP contribution in [0.1, 0.15) is 58.3 Å². The zero-order valence-electron chi connectivity index (χ0n) is 17.4. The number of primary amides is 1. The predicted octanol–water partition coefficient (Wildman–Crippen LogP) is 3.25. The van der Waals surface area contributed by atoms with E-state index in [1.807, 2.05) is 0 Å². The van der Waals surface area contributed by atoms with Crippen molar-refractivity contribution >= 4 is 38.2 Å². The second-order valence-electron chi connectivity index (χ2n) is 7.49. The molecule has 0 fully saturated rings. The van der Waals surface area contributed by atoms with E-state index >= 15 is 0 Å². The molecule has 7 nitrogen and oxygen atoms in total. The van der Waals surface area contributed by atoms with Crippen molar-refractivity contribution in [3.63, 3.8) is 0 Å². The minimum absolute atomic E-state index is 0.0632. The maximum absolute atomic E-state index is 12.9. The lowest BCUT2D eigenvalue weighted by molar-refractivity contribution is 0.1000. The number of hydrogen-bond donors (Lipinski definition) is 2. The molecule has 1 unspecified atom stereocenters. The molecule has 1 aliphatic carbocycles. The predicted molar refractivity (Wildman–Crippen MR) is 119 cm³/mol. The smallest absolute Gasteiger partial charge is 0.256 e. The zero-order chi connectivity index (χ0) is 22.1. The summed E-state index contributed by atoms with van der Waals surface area (Å²) in [5.74, 6) is -0.515. The summed E-state index contributed by atoms with van der Waals surface area (Å²) in [6, 6.07) is 5.94. The number of rotatable bonds is 7. The third-order valence-corrected chi connectivity index (χ3v) is 8.64. The summed E-state index contributed by atoms with van der Waals surface area (Å²) in [4.78, 5) is 26.1. The van der Waals surface area contributed by atoms with Gasteiger partial charge in [-0.3, -0.25) is 9.59 Å². The molecule has 0 spiro atoms. The van der Waals surface area contributed by atoms with Gasteiger partial charge in [-0.05, 0) is 48.9 Å². The van der Waals surface area contributed by atoms with Gasteiger partial charge in [0.15, 0.2) is 0 Å². The van der Waals surface area contributed by atoms with E-state index in [4.69, 9.17) is 5.73 Å². The summed E-state index contributed by atoms with van der Waals surface area (Å²) >= 11 is 1.38. The van der Waals surface area contributed by atoms with E-state index in [2.05, 4.69) is 12.2 Å². The lowest BCUT2D eigenvalue weighted by Crippen LogP contribution is -2.30. The Morgan fingerprint density at radius 2 is 1.97 bits per heavy atom. The molecular weight excluding hydrogens is 422 g/mol. The summed E-state index contributed by atoms with van der Waals surface area (Å²) in [6.45, 7) is 6.38. The molecular formula is C21H27N3O4S2. The number of nitrogens with zero attached hydrogens (tertiary/aromatic N) is 1. The van der Waals surface area contributed by atoms with Gasteiger partial charge < -0.3 is 11.1 Å². The zero-order valence-corrected chi connectivity index (χ0v) is 19.0. The summed E-state index contributed by atoms with van der Waals surface area (Å²) < 4.78 is 26.9. The lowest BCUT2D eigenvalue weighted by Gasteiger charge is -2.18. The topological polar surface area (TPSA) is 110 Å². The van der Waals surface area contributed by atoms with E-state index in [0.29, 0.717) is 29.6 Å². The number of nitrogens with two attached hydrogens (primary N) is 1. The SMILES string of the molecule is CCN(CC)S(=O)(=O)c1cccc(C(=O)Nc2sc3c(c2C(N)=O)CCC(C)C3)c1. The molecule has 0 aliphatic heterocycles. The van der Waals surface area contributed by atoms with Gasteiger partial charge in [-0.1, -0.05) is 26.8 Å². The fourth-order valence-electron chi connectivity index (χ4n) is 3.79. The molecule has 2 amide bonds. The van der Waals surface area contributed by atoms with Gasteiger partial charge in [0.2, 0.25) is 10.0 Å². The molecule has 1 heterocycles. The minimum atomic E-state index is -3.68. The van der Waals surface area contributed by atoms with Crippen LogP contribution in [0.25, 0.3) is 0 Å². The van der Waals surface area contributed by atoms with E-state index in [0.717, 1.165) is 29.7 Å². The molecule has 1 aromatic carbocycles. The van der Waals surface area contributed by atoms with Crippen LogP contribution in [-0.2, 0) is 22.9 Å². The van der Waals surface area contributed by atoms with Crippen molar-refractivity contribution in [1.82, 2.24) is 4.31 Å². The van der Waals surface area contributed by atoms with E-state index in [1.165, 1.54) is 27.8 Å². The molecule has 0 bridgehead atoms. The van der Waals surface area contributed by atoms with E-state index in [9.17, 15) is 18.0 Å². The summed E-state index contributed by atoms with van der Waals surface area (Å²) in [7, 11) is -3.68. The molecule has 9 heteroatoms. The average Bonchev–Trinajstić information content (AvgIpc) is 3.05. The molecule has 0 saturated carbocycles. The first kappa shape index (κ1) is 22.5. The van der Waals surface area contributed by atoms with Crippen molar-refractivity contribution in [2.45, 2.75) is 44.9 Å². The normalized spacial score (nSPS) is 16.3. The monoisotopic (exact) mass is 449 g/mol. The van der Waals surface area contributed by atoms with E-state index < -0.39 is 21.8 Å². The van der Waals surface area contributed by atoms with Crippen molar-refractivity contribution in [1.29, 1.82) is 0 Å². The Hall–Kier alpha value is -2.23. The van der Waals surface area contributed by atoms with Gasteiger partial charge >= 0.3 is 0 Å². The van der Waals surface area contributed by atoms with Crippen molar-refractivity contribution in [3.05, 3.63) is 45.8 Å². The fraction of sp³-hybridized carbons (Fsp3) is 0.429. The van der Waals surface area contributed by atoms with Crippen LogP contribution in [0.5, 0.6) is 0 Å². The van der Waals surface area contributed by atoms with Crippen molar-refractivity contribution in [3.8, 4) is 0 Å². The standard InChI is InChI=1S/C21H27N3O4S2/c1-4-24(5-2)30(27,28)15-8-6-7-14(12-15)20(26)23-21-18(19(22)25)16-10-9-13(3)11-17(16)29-21/h6-8,12-13H,4-5,9-11H2,1-3H3,(H2,22,25)(H,23,26).